The Morgan fingerprint density at radius 1 is 1.05 bits per heavy atom. The maximum atomic E-state index is 14.0. The topological polar surface area (TPSA) is 101 Å². The van der Waals surface area contributed by atoms with Crippen LogP contribution in [0.2, 0.25) is 0 Å². The monoisotopic (exact) mass is 600 g/mol. The zero-order valence-electron chi connectivity index (χ0n) is 26.6. The third kappa shape index (κ3) is 6.56. The minimum Gasteiger partial charge on any atom is -0.507 e. The fourth-order valence-electron chi connectivity index (χ4n) is 7.81. The molecule has 2 heterocycles. The number of likely N-dealkylation sites (tertiary alicyclic amines) is 2. The molecule has 0 aromatic heterocycles. The quantitative estimate of drug-likeness (QED) is 0.245. The van der Waals surface area contributed by atoms with Crippen molar-refractivity contribution in [3.63, 3.8) is 0 Å². The van der Waals surface area contributed by atoms with Gasteiger partial charge in [-0.05, 0) is 99.3 Å². The molecule has 2 fully saturated rings. The van der Waals surface area contributed by atoms with Gasteiger partial charge in [0.15, 0.2) is 0 Å². The molecule has 0 radical (unpaired) electrons. The van der Waals surface area contributed by atoms with Gasteiger partial charge in [0.1, 0.15) is 5.75 Å². The molecule has 0 saturated carbocycles. The van der Waals surface area contributed by atoms with Gasteiger partial charge in [-0.15, -0.1) is 0 Å². The molecule has 7 nitrogen and oxygen atoms in total. The first kappa shape index (κ1) is 32.1. The van der Waals surface area contributed by atoms with Crippen LogP contribution < -0.4 is 0 Å². The highest BCUT2D eigenvalue weighted by Crippen LogP contribution is 2.48. The second-order valence-electron chi connectivity index (χ2n) is 13.1. The summed E-state index contributed by atoms with van der Waals surface area (Å²) in [4.78, 5) is 31.7. The molecule has 4 atom stereocenters. The SMILES string of the molecule is CCC1=C([C@H](O)CC/C(C)=C/c2cc(C)c(O)c(C)c2)[C@H](CO)[C@@H]2C(=O)N(C3CCN(Cc4ccccc4)CC3)C(=O)[C@@H]2C1. The molecule has 0 bridgehead atoms. The summed E-state index contributed by atoms with van der Waals surface area (Å²) < 4.78 is 0. The normalized spacial score (nSPS) is 24.3. The number of fused-ring (bicyclic) bond motifs is 1. The number of phenols is 1. The first-order chi connectivity index (χ1) is 21.1. The first-order valence-electron chi connectivity index (χ1n) is 16.2. The Morgan fingerprint density at radius 3 is 2.32 bits per heavy atom. The average Bonchev–Trinajstić information content (AvgIpc) is 3.27. The van der Waals surface area contributed by atoms with Crippen LogP contribution in [0.3, 0.4) is 0 Å². The number of aryl methyl sites for hydroxylation is 2. The van der Waals surface area contributed by atoms with Crippen molar-refractivity contribution in [2.75, 3.05) is 19.7 Å². The number of aliphatic hydroxyl groups excluding tert-OH is 2. The van der Waals surface area contributed by atoms with E-state index in [9.17, 15) is 24.9 Å². The lowest BCUT2D eigenvalue weighted by atomic mass is 9.67. The van der Waals surface area contributed by atoms with Gasteiger partial charge in [0, 0.05) is 31.6 Å². The number of hydrogen-bond acceptors (Lipinski definition) is 6. The molecule has 44 heavy (non-hydrogen) atoms. The number of carbonyl (C=O) groups is 2. The Hall–Kier alpha value is -3.26. The zero-order chi connectivity index (χ0) is 31.5. The van der Waals surface area contributed by atoms with Gasteiger partial charge in [-0.3, -0.25) is 19.4 Å². The number of aliphatic hydroxyl groups is 2. The third-order valence-corrected chi connectivity index (χ3v) is 10.1. The standard InChI is InChI=1S/C37H48N2O5/c1-5-28-20-30-34(37(44)39(36(30)43)29-13-15-38(16-14-29)21-26-9-7-6-8-10-26)31(22-40)33(28)32(41)12-11-23(2)17-27-18-24(3)35(42)25(4)19-27/h6-10,17-19,29-32,34,40-42H,5,11-16,20-22H2,1-4H3/b23-17+/t30-,31+,32-,34-/m1/s1. The van der Waals surface area contributed by atoms with Crippen molar-refractivity contribution in [3.05, 3.63) is 81.4 Å². The molecule has 2 saturated heterocycles. The fraction of sp³-hybridized carbons (Fsp3) is 0.514. The summed E-state index contributed by atoms with van der Waals surface area (Å²) in [6, 6.07) is 14.1. The Labute approximate surface area is 261 Å². The maximum Gasteiger partial charge on any atom is 0.234 e. The van der Waals surface area contributed by atoms with Crippen LogP contribution in [0.15, 0.2) is 59.2 Å². The number of allylic oxidation sites excluding steroid dienone is 2. The molecule has 236 valence electrons. The average molecular weight is 601 g/mol. The van der Waals surface area contributed by atoms with E-state index in [1.165, 1.54) is 10.5 Å². The van der Waals surface area contributed by atoms with E-state index in [4.69, 9.17) is 0 Å². The number of phenolic OH excluding ortho intramolecular Hbond substituents is 1. The van der Waals surface area contributed by atoms with E-state index in [0.29, 0.717) is 31.4 Å². The lowest BCUT2D eigenvalue weighted by Crippen LogP contribution is -2.47. The van der Waals surface area contributed by atoms with Gasteiger partial charge in [0.2, 0.25) is 11.8 Å². The summed E-state index contributed by atoms with van der Waals surface area (Å²) in [7, 11) is 0. The van der Waals surface area contributed by atoms with Gasteiger partial charge < -0.3 is 15.3 Å². The van der Waals surface area contributed by atoms with Crippen molar-refractivity contribution in [1.29, 1.82) is 0 Å². The number of amides is 2. The van der Waals surface area contributed by atoms with Crippen LogP contribution in [0, 0.1) is 31.6 Å². The van der Waals surface area contributed by atoms with Gasteiger partial charge in [0.25, 0.3) is 0 Å². The molecule has 2 aromatic rings. The minimum atomic E-state index is -0.798. The Morgan fingerprint density at radius 2 is 1.70 bits per heavy atom. The molecule has 0 unspecified atom stereocenters. The van der Waals surface area contributed by atoms with Gasteiger partial charge in [0.05, 0.1) is 24.5 Å². The first-order valence-corrected chi connectivity index (χ1v) is 16.2. The summed E-state index contributed by atoms with van der Waals surface area (Å²) in [6.07, 6.45) is 5.04. The Kier molecular flexibility index (Phi) is 10.1. The van der Waals surface area contributed by atoms with E-state index in [1.807, 2.05) is 58.0 Å². The van der Waals surface area contributed by atoms with Crippen LogP contribution in [-0.4, -0.2) is 68.8 Å². The Balaban J connectivity index is 1.26. The number of piperidine rings is 1. The van der Waals surface area contributed by atoms with Crippen LogP contribution in [-0.2, 0) is 16.1 Å². The second kappa shape index (κ2) is 13.8. The van der Waals surface area contributed by atoms with Crippen LogP contribution in [0.25, 0.3) is 6.08 Å². The largest absolute Gasteiger partial charge is 0.507 e. The van der Waals surface area contributed by atoms with Crippen LogP contribution in [0.5, 0.6) is 5.75 Å². The van der Waals surface area contributed by atoms with E-state index in [1.54, 1.807) is 0 Å². The summed E-state index contributed by atoms with van der Waals surface area (Å²) in [5, 5.41) is 32.2. The van der Waals surface area contributed by atoms with Gasteiger partial charge >= 0.3 is 0 Å². The summed E-state index contributed by atoms with van der Waals surface area (Å²) in [5.41, 5.74) is 6.78. The summed E-state index contributed by atoms with van der Waals surface area (Å²) in [6.45, 7) is 10.1. The number of benzene rings is 2. The van der Waals surface area contributed by atoms with Crippen molar-refractivity contribution < 1.29 is 24.9 Å². The van der Waals surface area contributed by atoms with Crippen molar-refractivity contribution >= 4 is 17.9 Å². The Bertz CT molecular complexity index is 1400. The van der Waals surface area contributed by atoms with E-state index >= 15 is 0 Å². The van der Waals surface area contributed by atoms with Crippen molar-refractivity contribution in [3.8, 4) is 5.75 Å². The molecule has 5 rings (SSSR count). The molecule has 2 amide bonds. The van der Waals surface area contributed by atoms with Crippen molar-refractivity contribution in [2.24, 2.45) is 17.8 Å². The number of rotatable bonds is 10. The van der Waals surface area contributed by atoms with Crippen LogP contribution in [0.4, 0.5) is 0 Å². The lowest BCUT2D eigenvalue weighted by molar-refractivity contribution is -0.144. The highest BCUT2D eigenvalue weighted by Gasteiger charge is 2.56. The zero-order valence-corrected chi connectivity index (χ0v) is 26.6. The maximum absolute atomic E-state index is 14.0. The molecule has 1 aliphatic carbocycles. The highest BCUT2D eigenvalue weighted by molar-refractivity contribution is 6.06. The highest BCUT2D eigenvalue weighted by atomic mass is 16.3. The van der Waals surface area contributed by atoms with Gasteiger partial charge in [-0.1, -0.05) is 54.5 Å². The number of carbonyl (C=O) groups excluding carboxylic acids is 2. The smallest absolute Gasteiger partial charge is 0.234 e. The fourth-order valence-corrected chi connectivity index (χ4v) is 7.81. The molecule has 2 aliphatic heterocycles. The van der Waals surface area contributed by atoms with Crippen molar-refractivity contribution in [2.45, 2.75) is 84.9 Å². The van der Waals surface area contributed by atoms with E-state index in [0.717, 1.165) is 65.9 Å². The summed E-state index contributed by atoms with van der Waals surface area (Å²) >= 11 is 0. The molecule has 3 aliphatic rings. The van der Waals surface area contributed by atoms with Crippen LogP contribution >= 0.6 is 0 Å². The number of nitrogens with zero attached hydrogens (tertiary/aromatic N) is 2. The molecule has 3 N–H and O–H groups in total. The van der Waals surface area contributed by atoms with E-state index in [-0.39, 0.29) is 24.5 Å². The number of imide groups is 1. The molecular formula is C37H48N2O5. The number of hydrogen-bond donors (Lipinski definition) is 3. The molecular weight excluding hydrogens is 552 g/mol. The van der Waals surface area contributed by atoms with Crippen LogP contribution in [0.1, 0.15) is 74.6 Å². The second-order valence-corrected chi connectivity index (χ2v) is 13.1. The molecule has 7 heteroatoms. The molecule has 0 spiro atoms. The summed E-state index contributed by atoms with van der Waals surface area (Å²) in [5.74, 6) is -1.59. The van der Waals surface area contributed by atoms with Gasteiger partial charge in [-0.2, -0.15) is 0 Å². The lowest BCUT2D eigenvalue weighted by Gasteiger charge is -2.37. The predicted octanol–water partition coefficient (Wildman–Crippen LogP) is 5.54. The van der Waals surface area contributed by atoms with Gasteiger partial charge in [-0.25, -0.2) is 0 Å². The molecule has 2 aromatic carbocycles. The van der Waals surface area contributed by atoms with Crippen molar-refractivity contribution in [1.82, 2.24) is 9.80 Å². The minimum absolute atomic E-state index is 0.0993. The number of aromatic hydroxyl groups is 1. The van der Waals surface area contributed by atoms with E-state index < -0.39 is 23.9 Å². The van der Waals surface area contributed by atoms with E-state index in [2.05, 4.69) is 23.1 Å². The third-order valence-electron chi connectivity index (χ3n) is 10.1. The predicted molar refractivity (Wildman–Crippen MR) is 173 cm³/mol.